The Kier molecular flexibility index (Phi) is 4.40. The SMILES string of the molecule is O=C(O)CC1Sc2nnc(-c3ccc4c(c3)OCO4)n2N=C1c1ccc(Cl)cc1. The van der Waals surface area contributed by atoms with Crippen LogP contribution in [0.1, 0.15) is 12.0 Å². The molecule has 8 nitrogen and oxygen atoms in total. The highest BCUT2D eigenvalue weighted by Gasteiger charge is 2.31. The molecule has 1 unspecified atom stereocenters. The first-order chi connectivity index (χ1) is 14.1. The van der Waals surface area contributed by atoms with Gasteiger partial charge in [-0.2, -0.15) is 9.78 Å². The second kappa shape index (κ2) is 7.09. The first-order valence-electron chi connectivity index (χ1n) is 8.67. The summed E-state index contributed by atoms with van der Waals surface area (Å²) in [6.45, 7) is 0.183. The van der Waals surface area contributed by atoms with Gasteiger partial charge in [0.25, 0.3) is 0 Å². The largest absolute Gasteiger partial charge is 0.481 e. The monoisotopic (exact) mass is 428 g/mol. The maximum Gasteiger partial charge on any atom is 0.304 e. The minimum absolute atomic E-state index is 0.0850. The van der Waals surface area contributed by atoms with Gasteiger partial charge in [-0.25, -0.2) is 0 Å². The minimum Gasteiger partial charge on any atom is -0.481 e. The van der Waals surface area contributed by atoms with E-state index in [1.54, 1.807) is 16.8 Å². The number of halogens is 1. The fraction of sp³-hybridized carbons (Fsp3) is 0.158. The van der Waals surface area contributed by atoms with E-state index < -0.39 is 11.2 Å². The molecule has 0 bridgehead atoms. The summed E-state index contributed by atoms with van der Waals surface area (Å²) in [7, 11) is 0. The fourth-order valence-electron chi connectivity index (χ4n) is 3.16. The standard InChI is InChI=1S/C19H13ClN4O4S/c20-12-4-1-10(2-5-12)17-15(8-16(25)26)29-19-22-21-18(24(19)23-17)11-3-6-13-14(7-11)28-9-27-13/h1-7,15H,8-9H2,(H,25,26). The smallest absolute Gasteiger partial charge is 0.304 e. The lowest BCUT2D eigenvalue weighted by Crippen LogP contribution is -2.27. The normalized spacial score (nSPS) is 17.0. The van der Waals surface area contributed by atoms with Gasteiger partial charge in [0, 0.05) is 10.6 Å². The van der Waals surface area contributed by atoms with Crippen LogP contribution in [0.25, 0.3) is 11.4 Å². The molecule has 5 rings (SSSR count). The van der Waals surface area contributed by atoms with Crippen LogP contribution in [-0.2, 0) is 4.79 Å². The first kappa shape index (κ1) is 18.0. The van der Waals surface area contributed by atoms with E-state index in [1.165, 1.54) is 11.8 Å². The lowest BCUT2D eigenvalue weighted by Gasteiger charge is -2.22. The topological polar surface area (TPSA) is 98.8 Å². The third-order valence-electron chi connectivity index (χ3n) is 4.50. The number of rotatable bonds is 4. The van der Waals surface area contributed by atoms with Crippen LogP contribution in [-0.4, -0.2) is 43.7 Å². The lowest BCUT2D eigenvalue weighted by molar-refractivity contribution is -0.136. The highest BCUT2D eigenvalue weighted by molar-refractivity contribution is 8.00. The van der Waals surface area contributed by atoms with Crippen molar-refractivity contribution < 1.29 is 19.4 Å². The Morgan fingerprint density at radius 1 is 1.14 bits per heavy atom. The molecule has 1 atom stereocenters. The number of hydrogen-bond donors (Lipinski definition) is 1. The Hall–Kier alpha value is -3.04. The molecule has 29 heavy (non-hydrogen) atoms. The Bertz CT molecular complexity index is 1150. The van der Waals surface area contributed by atoms with Gasteiger partial charge in [-0.3, -0.25) is 4.79 Å². The van der Waals surface area contributed by atoms with Gasteiger partial charge in [0.05, 0.1) is 17.4 Å². The molecule has 2 aliphatic heterocycles. The Balaban J connectivity index is 1.60. The van der Waals surface area contributed by atoms with E-state index in [4.69, 9.17) is 26.2 Å². The van der Waals surface area contributed by atoms with Crippen molar-refractivity contribution in [3.63, 3.8) is 0 Å². The zero-order valence-corrected chi connectivity index (χ0v) is 16.4. The van der Waals surface area contributed by atoms with Gasteiger partial charge < -0.3 is 14.6 Å². The quantitative estimate of drug-likeness (QED) is 0.678. The number of carbonyl (C=O) groups is 1. The van der Waals surface area contributed by atoms with Crippen molar-refractivity contribution in [2.75, 3.05) is 6.79 Å². The van der Waals surface area contributed by atoms with Crippen molar-refractivity contribution in [3.8, 4) is 22.9 Å². The van der Waals surface area contributed by atoms with Crippen LogP contribution in [0, 0.1) is 0 Å². The summed E-state index contributed by atoms with van der Waals surface area (Å²) in [5.41, 5.74) is 2.19. The molecule has 0 aliphatic carbocycles. The van der Waals surface area contributed by atoms with E-state index in [0.717, 1.165) is 11.1 Å². The summed E-state index contributed by atoms with van der Waals surface area (Å²) < 4.78 is 12.4. The van der Waals surface area contributed by atoms with E-state index in [-0.39, 0.29) is 13.2 Å². The summed E-state index contributed by atoms with van der Waals surface area (Å²) >= 11 is 7.32. The van der Waals surface area contributed by atoms with Crippen molar-refractivity contribution >= 4 is 35.0 Å². The second-order valence-corrected chi connectivity index (χ2v) is 7.99. The molecule has 0 saturated heterocycles. The Morgan fingerprint density at radius 3 is 2.69 bits per heavy atom. The zero-order valence-electron chi connectivity index (χ0n) is 14.8. The van der Waals surface area contributed by atoms with Gasteiger partial charge >= 0.3 is 5.97 Å². The minimum atomic E-state index is -0.909. The van der Waals surface area contributed by atoms with Crippen LogP contribution >= 0.6 is 23.4 Å². The summed E-state index contributed by atoms with van der Waals surface area (Å²) in [4.78, 5) is 11.4. The molecule has 0 saturated carbocycles. The third-order valence-corrected chi connectivity index (χ3v) is 5.90. The molecule has 0 radical (unpaired) electrons. The number of nitrogens with zero attached hydrogens (tertiary/aromatic N) is 4. The van der Waals surface area contributed by atoms with Crippen molar-refractivity contribution in [1.82, 2.24) is 14.9 Å². The molecule has 2 aliphatic rings. The summed E-state index contributed by atoms with van der Waals surface area (Å²) in [5.74, 6) is 0.932. The van der Waals surface area contributed by atoms with Crippen LogP contribution in [0.5, 0.6) is 11.5 Å². The molecule has 146 valence electrons. The van der Waals surface area contributed by atoms with Crippen molar-refractivity contribution in [2.24, 2.45) is 5.10 Å². The number of carboxylic acids is 1. The zero-order chi connectivity index (χ0) is 20.0. The van der Waals surface area contributed by atoms with E-state index in [0.29, 0.717) is 33.2 Å². The maximum absolute atomic E-state index is 11.4. The van der Waals surface area contributed by atoms with Crippen LogP contribution in [0.15, 0.2) is 52.7 Å². The molecule has 1 N–H and O–H groups in total. The highest BCUT2D eigenvalue weighted by atomic mass is 35.5. The third kappa shape index (κ3) is 3.32. The number of aliphatic carboxylic acids is 1. The Labute approximate surface area is 174 Å². The Morgan fingerprint density at radius 2 is 1.90 bits per heavy atom. The van der Waals surface area contributed by atoms with E-state index >= 15 is 0 Å². The molecule has 3 aromatic rings. The van der Waals surface area contributed by atoms with Crippen molar-refractivity contribution in [3.05, 3.63) is 53.1 Å². The molecule has 3 heterocycles. The van der Waals surface area contributed by atoms with Gasteiger partial charge in [-0.15, -0.1) is 10.2 Å². The number of carboxylic acid groups (broad SMARTS) is 1. The number of thioether (sulfide) groups is 1. The number of aromatic nitrogens is 3. The molecule has 10 heteroatoms. The second-order valence-electron chi connectivity index (χ2n) is 6.38. The molecule has 2 aromatic carbocycles. The van der Waals surface area contributed by atoms with Gasteiger partial charge in [0.1, 0.15) is 0 Å². The fourth-order valence-corrected chi connectivity index (χ4v) is 4.38. The van der Waals surface area contributed by atoms with Crippen LogP contribution in [0.3, 0.4) is 0 Å². The molecule has 0 fully saturated rings. The maximum atomic E-state index is 11.4. The number of benzene rings is 2. The number of hydrogen-bond acceptors (Lipinski definition) is 7. The highest BCUT2D eigenvalue weighted by Crippen LogP contribution is 2.38. The average molecular weight is 429 g/mol. The first-order valence-corrected chi connectivity index (χ1v) is 9.93. The molecule has 0 spiro atoms. The summed E-state index contributed by atoms with van der Waals surface area (Å²) in [6, 6.07) is 12.6. The number of ether oxygens (including phenoxy) is 2. The molecule has 0 amide bonds. The predicted molar refractivity (Wildman–Crippen MR) is 107 cm³/mol. The van der Waals surface area contributed by atoms with Crippen LogP contribution < -0.4 is 9.47 Å². The average Bonchev–Trinajstić information content (AvgIpc) is 3.33. The van der Waals surface area contributed by atoms with E-state index in [9.17, 15) is 9.90 Å². The van der Waals surface area contributed by atoms with E-state index in [1.807, 2.05) is 30.3 Å². The molecule has 1 aromatic heterocycles. The van der Waals surface area contributed by atoms with Crippen molar-refractivity contribution in [2.45, 2.75) is 16.8 Å². The van der Waals surface area contributed by atoms with Gasteiger partial charge in [-0.1, -0.05) is 35.5 Å². The van der Waals surface area contributed by atoms with E-state index in [2.05, 4.69) is 10.2 Å². The number of fused-ring (bicyclic) bond motifs is 2. The predicted octanol–water partition coefficient (Wildman–Crippen LogP) is 3.53. The van der Waals surface area contributed by atoms with Gasteiger partial charge in [-0.05, 0) is 35.9 Å². The lowest BCUT2D eigenvalue weighted by atomic mass is 10.1. The van der Waals surface area contributed by atoms with Crippen LogP contribution in [0.2, 0.25) is 5.02 Å². The van der Waals surface area contributed by atoms with Gasteiger partial charge in [0.2, 0.25) is 11.9 Å². The molecular formula is C19H13ClN4O4S. The van der Waals surface area contributed by atoms with Crippen molar-refractivity contribution in [1.29, 1.82) is 0 Å². The summed E-state index contributed by atoms with van der Waals surface area (Å²) in [5, 5.41) is 23.3. The van der Waals surface area contributed by atoms with Gasteiger partial charge in [0.15, 0.2) is 17.3 Å². The summed E-state index contributed by atoms with van der Waals surface area (Å²) in [6.07, 6.45) is -0.0850. The van der Waals surface area contributed by atoms with Crippen LogP contribution in [0.4, 0.5) is 0 Å². The molecular weight excluding hydrogens is 416 g/mol.